The third-order valence-corrected chi connectivity index (χ3v) is 7.49. The number of nitrogens with one attached hydrogen (secondary N) is 1. The van der Waals surface area contributed by atoms with Crippen LogP contribution >= 0.6 is 0 Å². The van der Waals surface area contributed by atoms with Crippen molar-refractivity contribution >= 4 is 10.8 Å². The lowest BCUT2D eigenvalue weighted by molar-refractivity contribution is 0.285. The average Bonchev–Trinajstić information content (AvgIpc) is 2.49. The lowest BCUT2D eigenvalue weighted by Crippen LogP contribution is -2.48. The van der Waals surface area contributed by atoms with Crippen LogP contribution in [-0.2, 0) is 10.8 Å². The summed E-state index contributed by atoms with van der Waals surface area (Å²) >= 11 is 0. The van der Waals surface area contributed by atoms with Crippen molar-refractivity contribution < 1.29 is 4.21 Å². The van der Waals surface area contributed by atoms with Gasteiger partial charge in [0.15, 0.2) is 0 Å². The van der Waals surface area contributed by atoms with Crippen LogP contribution in [0, 0.1) is 5.92 Å². The lowest BCUT2D eigenvalue weighted by Gasteiger charge is -2.38. The summed E-state index contributed by atoms with van der Waals surface area (Å²) in [7, 11) is -0.611. The first-order valence-corrected chi connectivity index (χ1v) is 10.2. The fraction of sp³-hybridized carbons (Fsp3) is 1.00. The van der Waals surface area contributed by atoms with E-state index in [0.29, 0.717) is 16.5 Å². The third kappa shape index (κ3) is 4.30. The molecule has 0 aliphatic heterocycles. The molecule has 0 amide bonds. The molecule has 0 radical (unpaired) electrons. The molecule has 0 aromatic heterocycles. The van der Waals surface area contributed by atoms with Crippen LogP contribution in [0.25, 0.3) is 0 Å². The number of hydrogen-bond donors (Lipinski definition) is 1. The van der Waals surface area contributed by atoms with Crippen LogP contribution in [0.15, 0.2) is 0 Å². The Morgan fingerprint density at radius 2 is 1.80 bits per heavy atom. The zero-order valence-electron chi connectivity index (χ0n) is 13.4. The fourth-order valence-corrected chi connectivity index (χ4v) is 6.49. The molecule has 2 saturated carbocycles. The van der Waals surface area contributed by atoms with Gasteiger partial charge < -0.3 is 5.32 Å². The van der Waals surface area contributed by atoms with Crippen LogP contribution < -0.4 is 5.32 Å². The smallest absolute Gasteiger partial charge is 0.0506 e. The Morgan fingerprint density at radius 1 is 1.05 bits per heavy atom. The fourth-order valence-electron chi connectivity index (χ4n) is 4.18. The summed E-state index contributed by atoms with van der Waals surface area (Å²) in [6.45, 7) is 5.48. The first-order chi connectivity index (χ1) is 9.76. The minimum absolute atomic E-state index is 0.420. The van der Waals surface area contributed by atoms with Crippen LogP contribution in [0.1, 0.15) is 78.1 Å². The molecule has 0 aromatic carbocycles. The molecule has 0 spiro atoms. The molecule has 2 fully saturated rings. The molecule has 4 atom stereocenters. The van der Waals surface area contributed by atoms with E-state index in [9.17, 15) is 4.21 Å². The zero-order valence-corrected chi connectivity index (χ0v) is 14.2. The van der Waals surface area contributed by atoms with E-state index < -0.39 is 10.8 Å². The largest absolute Gasteiger partial charge is 0.313 e. The summed E-state index contributed by atoms with van der Waals surface area (Å²) in [6, 6.07) is 0.510. The highest BCUT2D eigenvalue weighted by molar-refractivity contribution is 7.86. The van der Waals surface area contributed by atoms with Gasteiger partial charge in [0, 0.05) is 22.1 Å². The monoisotopic (exact) mass is 299 g/mol. The second-order valence-electron chi connectivity index (χ2n) is 6.76. The van der Waals surface area contributed by atoms with E-state index in [-0.39, 0.29) is 0 Å². The van der Waals surface area contributed by atoms with Crippen molar-refractivity contribution in [2.45, 2.75) is 94.6 Å². The van der Waals surface area contributed by atoms with Crippen LogP contribution in [0.5, 0.6) is 0 Å². The molecule has 2 rings (SSSR count). The van der Waals surface area contributed by atoms with E-state index in [4.69, 9.17) is 0 Å². The van der Waals surface area contributed by atoms with Crippen LogP contribution in [0.3, 0.4) is 0 Å². The van der Waals surface area contributed by atoms with E-state index in [2.05, 4.69) is 19.2 Å². The second-order valence-corrected chi connectivity index (χ2v) is 8.69. The van der Waals surface area contributed by atoms with Gasteiger partial charge in [-0.2, -0.15) is 0 Å². The van der Waals surface area contributed by atoms with Crippen molar-refractivity contribution in [2.24, 2.45) is 5.92 Å². The van der Waals surface area contributed by atoms with Gasteiger partial charge in [-0.25, -0.2) is 0 Å². The highest BCUT2D eigenvalue weighted by atomic mass is 32.2. The van der Waals surface area contributed by atoms with Gasteiger partial charge in [-0.15, -0.1) is 0 Å². The van der Waals surface area contributed by atoms with Gasteiger partial charge in [-0.3, -0.25) is 4.21 Å². The maximum atomic E-state index is 13.1. The van der Waals surface area contributed by atoms with Crippen molar-refractivity contribution in [3.8, 4) is 0 Å². The molecule has 0 bridgehead atoms. The summed E-state index contributed by atoms with van der Waals surface area (Å²) < 4.78 is 13.1. The van der Waals surface area contributed by atoms with Gasteiger partial charge in [0.2, 0.25) is 0 Å². The van der Waals surface area contributed by atoms with E-state index >= 15 is 0 Å². The number of rotatable bonds is 6. The standard InChI is InChI=1S/C17H33NOS/c1-3-8-14-11-12-16(18-4-2)17(13-14)20(19)15-9-6-5-7-10-15/h14-18H,3-13H2,1-2H3. The van der Waals surface area contributed by atoms with Gasteiger partial charge in [0.05, 0.1) is 5.25 Å². The molecular weight excluding hydrogens is 266 g/mol. The average molecular weight is 300 g/mol. The lowest BCUT2D eigenvalue weighted by atomic mass is 9.83. The van der Waals surface area contributed by atoms with Gasteiger partial charge in [-0.1, -0.05) is 46.0 Å². The van der Waals surface area contributed by atoms with Gasteiger partial charge >= 0.3 is 0 Å². The Labute approximate surface area is 127 Å². The molecule has 0 heterocycles. The third-order valence-electron chi connectivity index (χ3n) is 5.24. The maximum absolute atomic E-state index is 13.1. The van der Waals surface area contributed by atoms with Crippen molar-refractivity contribution in [3.63, 3.8) is 0 Å². The van der Waals surface area contributed by atoms with E-state index in [0.717, 1.165) is 12.5 Å². The predicted molar refractivity (Wildman–Crippen MR) is 88.5 cm³/mol. The molecule has 0 saturated heterocycles. The first kappa shape index (κ1) is 16.5. The molecule has 118 valence electrons. The maximum Gasteiger partial charge on any atom is 0.0506 e. The molecule has 4 unspecified atom stereocenters. The molecule has 1 N–H and O–H groups in total. The molecular formula is C17H33NOS. The van der Waals surface area contributed by atoms with Crippen molar-refractivity contribution in [1.29, 1.82) is 0 Å². The van der Waals surface area contributed by atoms with Crippen molar-refractivity contribution in [2.75, 3.05) is 6.54 Å². The molecule has 2 aliphatic carbocycles. The van der Waals surface area contributed by atoms with Gasteiger partial charge in [0.1, 0.15) is 0 Å². The van der Waals surface area contributed by atoms with Gasteiger partial charge in [-0.05, 0) is 44.6 Å². The zero-order chi connectivity index (χ0) is 14.4. The first-order valence-electron chi connectivity index (χ1n) is 8.89. The second kappa shape index (κ2) is 8.53. The van der Waals surface area contributed by atoms with Crippen LogP contribution in [0.4, 0.5) is 0 Å². The Morgan fingerprint density at radius 3 is 2.45 bits per heavy atom. The van der Waals surface area contributed by atoms with E-state index in [1.54, 1.807) is 0 Å². The summed E-state index contributed by atoms with van der Waals surface area (Å²) in [5.41, 5.74) is 0. The van der Waals surface area contributed by atoms with E-state index in [1.165, 1.54) is 64.2 Å². The summed E-state index contributed by atoms with van der Waals surface area (Å²) in [4.78, 5) is 0. The summed E-state index contributed by atoms with van der Waals surface area (Å²) in [5.74, 6) is 0.826. The predicted octanol–water partition coefficient (Wildman–Crippen LogP) is 4.01. The van der Waals surface area contributed by atoms with Crippen molar-refractivity contribution in [3.05, 3.63) is 0 Å². The minimum Gasteiger partial charge on any atom is -0.313 e. The molecule has 0 aromatic rings. The Bertz CT molecular complexity index is 301. The highest BCUT2D eigenvalue weighted by Gasteiger charge is 2.36. The molecule has 20 heavy (non-hydrogen) atoms. The quantitative estimate of drug-likeness (QED) is 0.803. The van der Waals surface area contributed by atoms with Crippen molar-refractivity contribution in [1.82, 2.24) is 5.32 Å². The Hall–Kier alpha value is 0.110. The summed E-state index contributed by atoms with van der Waals surface area (Å²) in [6.07, 6.45) is 12.8. The highest BCUT2D eigenvalue weighted by Crippen LogP contribution is 2.34. The molecule has 2 aliphatic rings. The van der Waals surface area contributed by atoms with E-state index in [1.807, 2.05) is 0 Å². The SMILES string of the molecule is CCCC1CCC(NCC)C(S(=O)C2CCCCC2)C1. The van der Waals surface area contributed by atoms with Crippen LogP contribution in [-0.4, -0.2) is 27.3 Å². The Kier molecular flexibility index (Phi) is 7.03. The normalized spacial score (nSPS) is 34.0. The Balaban J connectivity index is 1.99. The molecule has 3 heteroatoms. The number of hydrogen-bond acceptors (Lipinski definition) is 2. The van der Waals surface area contributed by atoms with Gasteiger partial charge in [0.25, 0.3) is 0 Å². The van der Waals surface area contributed by atoms with Crippen LogP contribution in [0.2, 0.25) is 0 Å². The minimum atomic E-state index is -0.611. The topological polar surface area (TPSA) is 29.1 Å². The summed E-state index contributed by atoms with van der Waals surface area (Å²) in [5, 5.41) is 4.54. The molecule has 2 nitrogen and oxygen atoms in total.